The zero-order chi connectivity index (χ0) is 35.2. The molecule has 2 aromatic heterocycles. The molecule has 3 nitrogen and oxygen atoms in total. The quantitative estimate of drug-likeness (QED) is 0.185. The second kappa shape index (κ2) is 13.2. The molecule has 0 unspecified atom stereocenters. The molecular formula is C46H40B2N2O. The van der Waals surface area contributed by atoms with E-state index in [0.29, 0.717) is 0 Å². The van der Waals surface area contributed by atoms with E-state index in [1.807, 2.05) is 30.5 Å². The zero-order valence-electron chi connectivity index (χ0n) is 30.2. The molecule has 0 bridgehead atoms. The van der Waals surface area contributed by atoms with Crippen molar-refractivity contribution in [3.05, 3.63) is 167 Å². The molecule has 5 heteroatoms. The number of benzene rings is 5. The maximum Gasteiger partial charge on any atom is 0.245 e. The Morgan fingerprint density at radius 1 is 0.471 bits per heavy atom. The largest absolute Gasteiger partial charge is 0.458 e. The van der Waals surface area contributed by atoms with Gasteiger partial charge in [0.25, 0.3) is 0 Å². The van der Waals surface area contributed by atoms with Gasteiger partial charge >= 0.3 is 0 Å². The second-order valence-corrected chi connectivity index (χ2v) is 14.1. The molecule has 0 amide bonds. The van der Waals surface area contributed by atoms with Crippen molar-refractivity contribution in [2.24, 2.45) is 0 Å². The van der Waals surface area contributed by atoms with Gasteiger partial charge in [0.05, 0.1) is 11.4 Å². The van der Waals surface area contributed by atoms with Crippen molar-refractivity contribution in [1.29, 1.82) is 0 Å². The molecule has 1 aliphatic heterocycles. The normalized spacial score (nSPS) is 12.0. The first-order valence-corrected chi connectivity index (χ1v) is 17.8. The summed E-state index contributed by atoms with van der Waals surface area (Å²) in [6.07, 6.45) is 1.83. The van der Waals surface area contributed by atoms with Crippen LogP contribution in [-0.2, 0) is 0 Å². The minimum absolute atomic E-state index is 0.00618. The van der Waals surface area contributed by atoms with Crippen molar-refractivity contribution in [1.82, 2.24) is 9.97 Å². The summed E-state index contributed by atoms with van der Waals surface area (Å²) in [5, 5.41) is 0. The number of nitrogens with zero attached hydrogens (tertiary/aromatic N) is 2. The number of rotatable bonds is 6. The lowest BCUT2D eigenvalue weighted by Crippen LogP contribution is -2.76. The van der Waals surface area contributed by atoms with E-state index in [0.717, 1.165) is 39.7 Å². The van der Waals surface area contributed by atoms with Crippen LogP contribution in [-0.4, -0.2) is 23.4 Å². The Hall–Kier alpha value is -5.67. The molecule has 0 fully saturated rings. The Kier molecular flexibility index (Phi) is 8.44. The summed E-state index contributed by atoms with van der Waals surface area (Å²) in [7, 11) is 0. The van der Waals surface area contributed by atoms with E-state index in [9.17, 15) is 0 Å². The van der Waals surface area contributed by atoms with Crippen molar-refractivity contribution in [3.63, 3.8) is 0 Å². The van der Waals surface area contributed by atoms with Gasteiger partial charge in [-0.15, -0.1) is 0 Å². The van der Waals surface area contributed by atoms with Crippen molar-refractivity contribution in [3.8, 4) is 34.0 Å². The number of pyridine rings is 2. The molecule has 7 aromatic rings. The monoisotopic (exact) mass is 658 g/mol. The van der Waals surface area contributed by atoms with Crippen molar-refractivity contribution in [2.75, 3.05) is 0 Å². The van der Waals surface area contributed by atoms with Crippen molar-refractivity contribution >= 4 is 46.2 Å². The smallest absolute Gasteiger partial charge is 0.245 e. The van der Waals surface area contributed by atoms with Gasteiger partial charge in [-0.3, -0.25) is 9.97 Å². The van der Waals surface area contributed by atoms with Gasteiger partial charge in [0.1, 0.15) is 11.5 Å². The number of ether oxygens (including phenoxy) is 1. The summed E-state index contributed by atoms with van der Waals surface area (Å²) in [6, 6.07) is 45.5. The summed E-state index contributed by atoms with van der Waals surface area (Å²) < 4.78 is 7.19. The first-order valence-electron chi connectivity index (χ1n) is 17.8. The molecule has 0 saturated carbocycles. The third kappa shape index (κ3) is 5.97. The van der Waals surface area contributed by atoms with Gasteiger partial charge in [-0.1, -0.05) is 140 Å². The fourth-order valence-electron chi connectivity index (χ4n) is 8.41. The van der Waals surface area contributed by atoms with E-state index in [2.05, 4.69) is 150 Å². The third-order valence-electron chi connectivity index (χ3n) is 10.5. The van der Waals surface area contributed by atoms with E-state index in [1.165, 1.54) is 60.6 Å². The molecule has 246 valence electrons. The molecule has 51 heavy (non-hydrogen) atoms. The Bertz CT molecular complexity index is 2390. The Morgan fingerprint density at radius 3 is 1.82 bits per heavy atom. The number of aryl methyl sites for hydroxylation is 6. The maximum absolute atomic E-state index is 7.19. The highest BCUT2D eigenvalue weighted by molar-refractivity contribution is 7.12. The van der Waals surface area contributed by atoms with Crippen molar-refractivity contribution in [2.45, 2.75) is 41.5 Å². The summed E-state index contributed by atoms with van der Waals surface area (Å²) in [6.45, 7) is 13.2. The minimum Gasteiger partial charge on any atom is -0.458 e. The fraction of sp³-hybridized carbons (Fsp3) is 0.130. The molecule has 0 atom stereocenters. The fourth-order valence-corrected chi connectivity index (χ4v) is 8.41. The van der Waals surface area contributed by atoms with E-state index in [4.69, 9.17) is 9.72 Å². The second-order valence-electron chi connectivity index (χ2n) is 14.1. The van der Waals surface area contributed by atoms with Gasteiger partial charge in [-0.05, 0) is 89.5 Å². The van der Waals surface area contributed by atoms with Crippen LogP contribution < -0.4 is 37.5 Å². The molecule has 5 aromatic carbocycles. The Labute approximate surface area is 302 Å². The van der Waals surface area contributed by atoms with Crippen LogP contribution in [0.3, 0.4) is 0 Å². The van der Waals surface area contributed by atoms with Crippen LogP contribution in [0.1, 0.15) is 33.5 Å². The average molecular weight is 658 g/mol. The number of fused-ring (bicyclic) bond motifs is 2. The summed E-state index contributed by atoms with van der Waals surface area (Å²) in [5.74, 6) is 1.62. The topological polar surface area (TPSA) is 35.0 Å². The molecule has 0 radical (unpaired) electrons. The van der Waals surface area contributed by atoms with Crippen LogP contribution in [0.15, 0.2) is 134 Å². The van der Waals surface area contributed by atoms with E-state index >= 15 is 0 Å². The lowest BCUT2D eigenvalue weighted by Gasteiger charge is -2.36. The van der Waals surface area contributed by atoms with Gasteiger partial charge in [-0.2, -0.15) is 0 Å². The first kappa shape index (κ1) is 32.5. The average Bonchev–Trinajstić information content (AvgIpc) is 3.12. The highest BCUT2D eigenvalue weighted by Crippen LogP contribution is 2.30. The van der Waals surface area contributed by atoms with Crippen LogP contribution in [0.25, 0.3) is 22.5 Å². The third-order valence-corrected chi connectivity index (χ3v) is 10.5. The molecule has 0 spiro atoms. The highest BCUT2D eigenvalue weighted by Gasteiger charge is 2.42. The Balaban J connectivity index is 1.47. The van der Waals surface area contributed by atoms with Gasteiger partial charge in [0.2, 0.25) is 13.4 Å². The van der Waals surface area contributed by atoms with Crippen LogP contribution >= 0.6 is 0 Å². The van der Waals surface area contributed by atoms with Crippen LogP contribution in [0.2, 0.25) is 0 Å². The van der Waals surface area contributed by atoms with E-state index < -0.39 is 0 Å². The predicted molar refractivity (Wildman–Crippen MR) is 216 cm³/mol. The highest BCUT2D eigenvalue weighted by atomic mass is 16.5. The molecular weight excluding hydrogens is 618 g/mol. The van der Waals surface area contributed by atoms with E-state index in [-0.39, 0.29) is 13.4 Å². The Morgan fingerprint density at radius 2 is 1.12 bits per heavy atom. The molecule has 0 N–H and O–H groups in total. The lowest BCUT2D eigenvalue weighted by molar-refractivity contribution is 0.487. The first-order chi connectivity index (χ1) is 24.8. The minimum atomic E-state index is -0.0362. The summed E-state index contributed by atoms with van der Waals surface area (Å²) in [5.41, 5.74) is 19.1. The SMILES string of the molecule is Cc1cc(C)c(B2c3ccccc3B(c3c(C)cccc3C)c3cc(-c4cccc(C)n4)cc(Oc4cccc(-c5ccccn5)c4)c32)c(C)c1. The number of aromatic nitrogens is 2. The molecule has 3 heterocycles. The van der Waals surface area contributed by atoms with Gasteiger partial charge in [-0.25, -0.2) is 0 Å². The molecule has 8 rings (SSSR count). The molecule has 0 aliphatic carbocycles. The predicted octanol–water partition coefficient (Wildman–Crippen LogP) is 6.80. The zero-order valence-corrected chi connectivity index (χ0v) is 30.2. The standard InChI is InChI=1S/C46H40B2N2O/c1-29-24-32(4)45(33(5)25-29)48-39-20-8-7-19-38(39)47(44-30(2)14-11-15-31(44)3)40-27-36(42-22-12-16-34(6)50-42)28-43(46(40)48)51-37-18-13-17-35(26-37)41-21-9-10-23-49-41/h7-28H,1-6H3. The lowest BCUT2D eigenvalue weighted by atomic mass is 9.20. The van der Waals surface area contributed by atoms with Gasteiger partial charge < -0.3 is 4.74 Å². The van der Waals surface area contributed by atoms with Crippen molar-refractivity contribution < 1.29 is 4.74 Å². The molecule has 0 saturated heterocycles. The number of hydrogen-bond acceptors (Lipinski definition) is 3. The van der Waals surface area contributed by atoms with Crippen LogP contribution in [0.4, 0.5) is 0 Å². The van der Waals surface area contributed by atoms with E-state index in [1.54, 1.807) is 0 Å². The maximum atomic E-state index is 7.19. The van der Waals surface area contributed by atoms with Crippen LogP contribution in [0, 0.1) is 41.5 Å². The molecule has 1 aliphatic rings. The van der Waals surface area contributed by atoms with Gasteiger partial charge in [0, 0.05) is 23.0 Å². The van der Waals surface area contributed by atoms with Crippen LogP contribution in [0.5, 0.6) is 11.5 Å². The number of hydrogen-bond donors (Lipinski definition) is 0. The van der Waals surface area contributed by atoms with Gasteiger partial charge in [0.15, 0.2) is 0 Å². The summed E-state index contributed by atoms with van der Waals surface area (Å²) >= 11 is 0. The summed E-state index contributed by atoms with van der Waals surface area (Å²) in [4.78, 5) is 9.65.